The summed E-state index contributed by atoms with van der Waals surface area (Å²) in [6.07, 6.45) is 28.4. The minimum absolute atomic E-state index is 0.123. The number of carbonyl (C=O) groups is 1. The van der Waals surface area contributed by atoms with Crippen molar-refractivity contribution in [1.29, 1.82) is 0 Å². The first-order valence-electron chi connectivity index (χ1n) is 11.0. The van der Waals surface area contributed by atoms with Gasteiger partial charge in [-0.25, -0.2) is 0 Å². The maximum atomic E-state index is 11.2. The number of rotatable bonds is 18. The van der Waals surface area contributed by atoms with Gasteiger partial charge in [0.2, 0.25) is 5.91 Å². The molecule has 2 nitrogen and oxygen atoms in total. The summed E-state index contributed by atoms with van der Waals surface area (Å²) in [5, 5.41) is 2.67. The van der Waals surface area contributed by atoms with Crippen molar-refractivity contribution in [3.8, 4) is 0 Å². The largest absolute Gasteiger partial charge is 0.329 e. The second-order valence-electron chi connectivity index (χ2n) is 7.43. The minimum atomic E-state index is -0.123. The van der Waals surface area contributed by atoms with Crippen LogP contribution in [0.15, 0.2) is 36.6 Å². The quantitative estimate of drug-likeness (QED) is 0.152. The van der Waals surface area contributed by atoms with Gasteiger partial charge in [-0.15, -0.1) is 0 Å². The molecule has 0 saturated carbocycles. The van der Waals surface area contributed by atoms with Gasteiger partial charge in [-0.1, -0.05) is 109 Å². The Bertz CT molecular complexity index is 395. The van der Waals surface area contributed by atoms with Crippen molar-refractivity contribution < 1.29 is 4.79 Å². The zero-order chi connectivity index (χ0) is 19.3. The van der Waals surface area contributed by atoms with Crippen LogP contribution in [0.25, 0.3) is 0 Å². The Morgan fingerprint density at radius 1 is 0.769 bits per heavy atom. The average Bonchev–Trinajstić information content (AvgIpc) is 2.63. The first-order chi connectivity index (χ1) is 12.7. The molecular formula is C24H43NO. The van der Waals surface area contributed by atoms with Crippen LogP contribution in [0.3, 0.4) is 0 Å². The van der Waals surface area contributed by atoms with E-state index in [9.17, 15) is 4.79 Å². The Labute approximate surface area is 163 Å². The highest BCUT2D eigenvalue weighted by Crippen LogP contribution is 2.13. The predicted octanol–water partition coefficient (Wildman–Crippen LogP) is 7.62. The molecule has 0 bridgehead atoms. The number of hydrogen-bond donors (Lipinski definition) is 1. The lowest BCUT2D eigenvalue weighted by molar-refractivity contribution is -0.116. The molecule has 0 atom stereocenters. The van der Waals surface area contributed by atoms with Crippen LogP contribution in [0.2, 0.25) is 0 Å². The van der Waals surface area contributed by atoms with Gasteiger partial charge in [-0.05, 0) is 25.8 Å². The van der Waals surface area contributed by atoms with E-state index in [1.54, 1.807) is 13.1 Å². The Hall–Kier alpha value is -1.31. The van der Waals surface area contributed by atoms with E-state index in [0.717, 1.165) is 6.42 Å². The first kappa shape index (κ1) is 24.7. The van der Waals surface area contributed by atoms with Gasteiger partial charge in [0, 0.05) is 11.8 Å². The second-order valence-corrected chi connectivity index (χ2v) is 7.43. The van der Waals surface area contributed by atoms with Crippen LogP contribution >= 0.6 is 0 Å². The van der Waals surface area contributed by atoms with Gasteiger partial charge >= 0.3 is 0 Å². The molecule has 0 radical (unpaired) electrons. The van der Waals surface area contributed by atoms with Gasteiger partial charge in [0.1, 0.15) is 0 Å². The van der Waals surface area contributed by atoms with Crippen molar-refractivity contribution in [3.05, 3.63) is 36.6 Å². The molecule has 0 aliphatic heterocycles. The van der Waals surface area contributed by atoms with Crippen molar-refractivity contribution >= 4 is 5.91 Å². The number of nitrogens with one attached hydrogen (secondary N) is 1. The molecule has 26 heavy (non-hydrogen) atoms. The first-order valence-corrected chi connectivity index (χ1v) is 11.0. The lowest BCUT2D eigenvalue weighted by Crippen LogP contribution is -2.16. The molecule has 2 heteroatoms. The molecule has 0 aliphatic carbocycles. The van der Waals surface area contributed by atoms with Crippen LogP contribution in [0.4, 0.5) is 0 Å². The van der Waals surface area contributed by atoms with Crippen LogP contribution < -0.4 is 5.32 Å². The fourth-order valence-corrected chi connectivity index (χ4v) is 2.93. The number of allylic oxidation sites excluding steroid dienone is 3. The van der Waals surface area contributed by atoms with E-state index in [-0.39, 0.29) is 5.91 Å². The summed E-state index contributed by atoms with van der Waals surface area (Å²) in [6.45, 7) is 7.58. The van der Waals surface area contributed by atoms with Gasteiger partial charge in [0.05, 0.1) is 0 Å². The topological polar surface area (TPSA) is 29.1 Å². The molecule has 1 N–H and O–H groups in total. The molecule has 0 spiro atoms. The Morgan fingerprint density at radius 2 is 1.23 bits per heavy atom. The van der Waals surface area contributed by atoms with Gasteiger partial charge in [0.15, 0.2) is 0 Å². The number of hydrogen-bond acceptors (Lipinski definition) is 1. The summed E-state index contributed by atoms with van der Waals surface area (Å²) in [4.78, 5) is 11.2. The lowest BCUT2D eigenvalue weighted by atomic mass is 10.0. The highest BCUT2D eigenvalue weighted by molar-refractivity contribution is 5.92. The van der Waals surface area contributed by atoms with E-state index in [4.69, 9.17) is 0 Å². The molecule has 0 fully saturated rings. The molecule has 0 unspecified atom stereocenters. The molecular weight excluding hydrogens is 318 g/mol. The van der Waals surface area contributed by atoms with Gasteiger partial charge in [0.25, 0.3) is 0 Å². The maximum Gasteiger partial charge on any atom is 0.250 e. The molecule has 0 heterocycles. The third-order valence-electron chi connectivity index (χ3n) is 4.67. The Kier molecular flexibility index (Phi) is 19.0. The van der Waals surface area contributed by atoms with Gasteiger partial charge in [-0.3, -0.25) is 4.79 Å². The van der Waals surface area contributed by atoms with Crippen LogP contribution in [-0.4, -0.2) is 5.91 Å². The van der Waals surface area contributed by atoms with E-state index in [1.165, 1.54) is 89.9 Å². The average molecular weight is 362 g/mol. The van der Waals surface area contributed by atoms with Crippen LogP contribution in [-0.2, 0) is 4.79 Å². The van der Waals surface area contributed by atoms with Gasteiger partial charge in [-0.2, -0.15) is 0 Å². The van der Waals surface area contributed by atoms with Crippen molar-refractivity contribution in [1.82, 2.24) is 5.32 Å². The zero-order valence-corrected chi connectivity index (χ0v) is 17.5. The summed E-state index contributed by atoms with van der Waals surface area (Å²) in [5.74, 6) is -0.123. The van der Waals surface area contributed by atoms with Crippen molar-refractivity contribution in [2.75, 3.05) is 0 Å². The fourth-order valence-electron chi connectivity index (χ4n) is 2.93. The third kappa shape index (κ3) is 19.0. The predicted molar refractivity (Wildman–Crippen MR) is 116 cm³/mol. The molecule has 0 aromatic carbocycles. The van der Waals surface area contributed by atoms with Crippen LogP contribution in [0.5, 0.6) is 0 Å². The van der Waals surface area contributed by atoms with Gasteiger partial charge < -0.3 is 5.32 Å². The summed E-state index contributed by atoms with van der Waals surface area (Å²) < 4.78 is 0. The maximum absolute atomic E-state index is 11.2. The monoisotopic (exact) mass is 361 g/mol. The van der Waals surface area contributed by atoms with E-state index in [1.807, 2.05) is 12.2 Å². The smallest absolute Gasteiger partial charge is 0.250 e. The van der Waals surface area contributed by atoms with E-state index in [2.05, 4.69) is 24.9 Å². The fraction of sp³-hybridized carbons (Fsp3) is 0.708. The number of amides is 1. The third-order valence-corrected chi connectivity index (χ3v) is 4.67. The Morgan fingerprint density at radius 3 is 1.69 bits per heavy atom. The standard InChI is InChI=1S/C24H43NO/c1-4-5-6-7-8-9-10-11-12-13-14-15-16-17-18-19-20-21-22-25-24(26)23(2)3/h19-22H,2,4-18H2,1,3H3,(H,25,26). The second kappa shape index (κ2) is 20.0. The number of carbonyl (C=O) groups excluding carboxylic acids is 1. The SMILES string of the molecule is C=C(C)C(=O)NC=CC=CCCCCCCCCCCCCCCCC. The summed E-state index contributed by atoms with van der Waals surface area (Å²) in [7, 11) is 0. The molecule has 1 amide bonds. The van der Waals surface area contributed by atoms with Crippen LogP contribution in [0.1, 0.15) is 110 Å². The summed E-state index contributed by atoms with van der Waals surface area (Å²) in [5.41, 5.74) is 0.529. The lowest BCUT2D eigenvalue weighted by Gasteiger charge is -2.02. The molecule has 0 aromatic heterocycles. The number of unbranched alkanes of at least 4 members (excludes halogenated alkanes) is 14. The molecule has 0 rings (SSSR count). The van der Waals surface area contributed by atoms with E-state index < -0.39 is 0 Å². The highest BCUT2D eigenvalue weighted by Gasteiger charge is 1.95. The molecule has 0 aromatic rings. The molecule has 150 valence electrons. The van der Waals surface area contributed by atoms with Crippen molar-refractivity contribution in [3.63, 3.8) is 0 Å². The molecule has 0 aliphatic rings. The van der Waals surface area contributed by atoms with E-state index in [0.29, 0.717) is 5.57 Å². The van der Waals surface area contributed by atoms with Crippen molar-refractivity contribution in [2.24, 2.45) is 0 Å². The normalized spacial score (nSPS) is 11.5. The Balaban J connectivity index is 3.22. The van der Waals surface area contributed by atoms with E-state index >= 15 is 0 Å². The van der Waals surface area contributed by atoms with Crippen LogP contribution in [0, 0.1) is 0 Å². The summed E-state index contributed by atoms with van der Waals surface area (Å²) in [6, 6.07) is 0. The minimum Gasteiger partial charge on any atom is -0.329 e. The summed E-state index contributed by atoms with van der Waals surface area (Å²) >= 11 is 0. The molecule has 0 saturated heterocycles. The zero-order valence-electron chi connectivity index (χ0n) is 17.5. The highest BCUT2D eigenvalue weighted by atomic mass is 16.1. The van der Waals surface area contributed by atoms with Crippen molar-refractivity contribution in [2.45, 2.75) is 110 Å².